The number of nitrogens with one attached hydrogen (secondary N) is 1. The van der Waals surface area contributed by atoms with Crippen molar-refractivity contribution in [1.82, 2.24) is 15.0 Å². The first-order valence-corrected chi connectivity index (χ1v) is 6.72. The lowest BCUT2D eigenvalue weighted by atomic mass is 10.2. The van der Waals surface area contributed by atoms with E-state index < -0.39 is 4.92 Å². The molecular formula is C13H8N4O3S. The quantitative estimate of drug-likeness (QED) is 0.452. The molecule has 0 atom stereocenters. The lowest BCUT2D eigenvalue weighted by Crippen LogP contribution is -2.08. The molecule has 21 heavy (non-hydrogen) atoms. The van der Waals surface area contributed by atoms with Gasteiger partial charge in [0.2, 0.25) is 0 Å². The average molecular weight is 300 g/mol. The molecule has 0 aliphatic heterocycles. The Labute approximate surface area is 122 Å². The summed E-state index contributed by atoms with van der Waals surface area (Å²) in [5.74, 6) is 0. The predicted molar refractivity (Wildman–Crippen MR) is 77.4 cm³/mol. The predicted octanol–water partition coefficient (Wildman–Crippen LogP) is 2.38. The Balaban J connectivity index is 1.94. The highest BCUT2D eigenvalue weighted by molar-refractivity contribution is 7.99. The van der Waals surface area contributed by atoms with E-state index in [-0.39, 0.29) is 11.2 Å². The lowest BCUT2D eigenvalue weighted by Gasteiger charge is -2.02. The third-order valence-electron chi connectivity index (χ3n) is 2.72. The van der Waals surface area contributed by atoms with Crippen LogP contribution >= 0.6 is 11.8 Å². The molecule has 104 valence electrons. The Bertz CT molecular complexity index is 876. The van der Waals surface area contributed by atoms with E-state index in [2.05, 4.69) is 15.0 Å². The fourth-order valence-electron chi connectivity index (χ4n) is 1.75. The number of H-pyrrole nitrogens is 1. The maximum Gasteiger partial charge on any atom is 0.287 e. The standard InChI is InChI=1S/C13H8N4O3S/c18-12-9-3-1-2-4-10(9)15-13(16-12)21-11-6-5-8(7-14-11)17(19)20/h1-7H,(H,15,16,18). The molecule has 0 radical (unpaired) electrons. The zero-order valence-electron chi connectivity index (χ0n) is 10.5. The van der Waals surface area contributed by atoms with Crippen molar-refractivity contribution in [3.05, 3.63) is 63.1 Å². The number of para-hydroxylation sites is 1. The minimum Gasteiger partial charge on any atom is -0.301 e. The zero-order valence-corrected chi connectivity index (χ0v) is 11.3. The van der Waals surface area contributed by atoms with Crippen LogP contribution in [0.3, 0.4) is 0 Å². The number of hydrogen-bond acceptors (Lipinski definition) is 6. The van der Waals surface area contributed by atoms with Crippen LogP contribution in [-0.4, -0.2) is 19.9 Å². The number of pyridine rings is 1. The summed E-state index contributed by atoms with van der Waals surface area (Å²) in [7, 11) is 0. The number of benzene rings is 1. The Hall–Kier alpha value is -2.74. The molecule has 2 aromatic heterocycles. The van der Waals surface area contributed by atoms with Crippen molar-refractivity contribution in [2.24, 2.45) is 0 Å². The first-order valence-electron chi connectivity index (χ1n) is 5.91. The molecule has 3 aromatic rings. The second-order valence-electron chi connectivity index (χ2n) is 4.10. The van der Waals surface area contributed by atoms with Gasteiger partial charge in [0, 0.05) is 6.07 Å². The van der Waals surface area contributed by atoms with Gasteiger partial charge in [-0.05, 0) is 30.0 Å². The third-order valence-corrected chi connectivity index (χ3v) is 3.56. The van der Waals surface area contributed by atoms with Crippen LogP contribution in [0.1, 0.15) is 0 Å². The second-order valence-corrected chi connectivity index (χ2v) is 5.11. The van der Waals surface area contributed by atoms with Crippen molar-refractivity contribution in [2.75, 3.05) is 0 Å². The molecule has 2 heterocycles. The molecule has 0 saturated carbocycles. The van der Waals surface area contributed by atoms with Crippen LogP contribution in [-0.2, 0) is 0 Å². The number of nitrogens with zero attached hydrogens (tertiary/aromatic N) is 3. The van der Waals surface area contributed by atoms with Crippen LogP contribution < -0.4 is 5.56 Å². The summed E-state index contributed by atoms with van der Waals surface area (Å²) >= 11 is 1.14. The van der Waals surface area contributed by atoms with Crippen molar-refractivity contribution in [2.45, 2.75) is 10.2 Å². The first kappa shape index (κ1) is 13.3. The number of aromatic amines is 1. The van der Waals surface area contributed by atoms with Gasteiger partial charge >= 0.3 is 0 Å². The fraction of sp³-hybridized carbons (Fsp3) is 0. The van der Waals surface area contributed by atoms with Gasteiger partial charge in [-0.3, -0.25) is 14.9 Å². The van der Waals surface area contributed by atoms with E-state index in [1.807, 2.05) is 0 Å². The van der Waals surface area contributed by atoms with Gasteiger partial charge < -0.3 is 4.98 Å². The van der Waals surface area contributed by atoms with Gasteiger partial charge in [-0.1, -0.05) is 12.1 Å². The van der Waals surface area contributed by atoms with Crippen LogP contribution in [0.5, 0.6) is 0 Å². The highest BCUT2D eigenvalue weighted by atomic mass is 32.2. The topological polar surface area (TPSA) is 102 Å². The average Bonchev–Trinajstić information content (AvgIpc) is 2.48. The molecule has 0 fully saturated rings. The highest BCUT2D eigenvalue weighted by Crippen LogP contribution is 2.24. The molecule has 1 N–H and O–H groups in total. The van der Waals surface area contributed by atoms with Crippen molar-refractivity contribution in [3.63, 3.8) is 0 Å². The van der Waals surface area contributed by atoms with Crippen LogP contribution in [0.4, 0.5) is 5.69 Å². The molecule has 8 heteroatoms. The molecule has 0 spiro atoms. The van der Waals surface area contributed by atoms with E-state index in [0.29, 0.717) is 21.1 Å². The number of fused-ring (bicyclic) bond motifs is 1. The minimum atomic E-state index is -0.516. The molecule has 7 nitrogen and oxygen atoms in total. The molecule has 0 bridgehead atoms. The van der Waals surface area contributed by atoms with Crippen molar-refractivity contribution >= 4 is 28.4 Å². The molecular weight excluding hydrogens is 292 g/mol. The normalized spacial score (nSPS) is 10.7. The Morgan fingerprint density at radius 1 is 1.19 bits per heavy atom. The van der Waals surface area contributed by atoms with Crippen molar-refractivity contribution in [1.29, 1.82) is 0 Å². The third kappa shape index (κ3) is 2.75. The Kier molecular flexibility index (Phi) is 3.36. The monoisotopic (exact) mass is 300 g/mol. The molecule has 0 amide bonds. The fourth-order valence-corrected chi connectivity index (χ4v) is 2.48. The first-order chi connectivity index (χ1) is 10.1. The largest absolute Gasteiger partial charge is 0.301 e. The molecule has 0 unspecified atom stereocenters. The van der Waals surface area contributed by atoms with Gasteiger partial charge in [-0.25, -0.2) is 9.97 Å². The number of rotatable bonds is 3. The molecule has 1 aromatic carbocycles. The summed E-state index contributed by atoms with van der Waals surface area (Å²) in [6.07, 6.45) is 1.17. The van der Waals surface area contributed by atoms with Gasteiger partial charge in [0.25, 0.3) is 11.2 Å². The summed E-state index contributed by atoms with van der Waals surface area (Å²) in [6, 6.07) is 9.88. The second kappa shape index (κ2) is 5.33. The Morgan fingerprint density at radius 2 is 2.00 bits per heavy atom. The molecule has 3 rings (SSSR count). The SMILES string of the molecule is O=c1[nH]c(Sc2ccc([N+](=O)[O-])cn2)nc2ccccc12. The van der Waals surface area contributed by atoms with Gasteiger partial charge in [-0.15, -0.1) is 0 Å². The van der Waals surface area contributed by atoms with Gasteiger partial charge in [0.15, 0.2) is 5.16 Å². The van der Waals surface area contributed by atoms with Crippen LogP contribution in [0, 0.1) is 10.1 Å². The highest BCUT2D eigenvalue weighted by Gasteiger charge is 2.08. The lowest BCUT2D eigenvalue weighted by molar-refractivity contribution is -0.385. The summed E-state index contributed by atoms with van der Waals surface area (Å²) < 4.78 is 0. The van der Waals surface area contributed by atoms with E-state index in [1.54, 1.807) is 24.3 Å². The molecule has 0 aliphatic carbocycles. The maximum absolute atomic E-state index is 11.9. The summed E-state index contributed by atoms with van der Waals surface area (Å²) in [5, 5.41) is 12.0. The summed E-state index contributed by atoms with van der Waals surface area (Å²) in [5.41, 5.74) is 0.273. The number of hydrogen-bond donors (Lipinski definition) is 1. The Morgan fingerprint density at radius 3 is 2.71 bits per heavy atom. The number of aromatic nitrogens is 3. The van der Waals surface area contributed by atoms with Gasteiger partial charge in [0.1, 0.15) is 11.2 Å². The van der Waals surface area contributed by atoms with E-state index in [4.69, 9.17) is 0 Å². The number of nitro groups is 1. The van der Waals surface area contributed by atoms with Gasteiger partial charge in [-0.2, -0.15) is 0 Å². The van der Waals surface area contributed by atoms with E-state index in [9.17, 15) is 14.9 Å². The maximum atomic E-state index is 11.9. The van der Waals surface area contributed by atoms with Crippen molar-refractivity contribution in [3.8, 4) is 0 Å². The van der Waals surface area contributed by atoms with E-state index in [1.165, 1.54) is 18.3 Å². The summed E-state index contributed by atoms with van der Waals surface area (Å²) in [6.45, 7) is 0. The van der Waals surface area contributed by atoms with E-state index >= 15 is 0 Å². The van der Waals surface area contributed by atoms with Crippen LogP contribution in [0.2, 0.25) is 0 Å². The van der Waals surface area contributed by atoms with Crippen molar-refractivity contribution < 1.29 is 4.92 Å². The minimum absolute atomic E-state index is 0.0840. The van der Waals surface area contributed by atoms with Crippen LogP contribution in [0.15, 0.2) is 57.6 Å². The van der Waals surface area contributed by atoms with Gasteiger partial charge in [0.05, 0.1) is 15.8 Å². The zero-order chi connectivity index (χ0) is 14.8. The van der Waals surface area contributed by atoms with Crippen LogP contribution in [0.25, 0.3) is 10.9 Å². The summed E-state index contributed by atoms with van der Waals surface area (Å²) in [4.78, 5) is 32.9. The molecule has 0 aliphatic rings. The van der Waals surface area contributed by atoms with E-state index in [0.717, 1.165) is 11.8 Å². The smallest absolute Gasteiger partial charge is 0.287 e. The molecule has 0 saturated heterocycles.